The van der Waals surface area contributed by atoms with Crippen LogP contribution in [0.2, 0.25) is 0 Å². The number of aryl methyl sites for hydroxylation is 1. The molecule has 0 aromatic heterocycles. The number of nitrogens with zero attached hydrogens (tertiary/aromatic N) is 3. The van der Waals surface area contributed by atoms with Crippen LogP contribution in [-0.4, -0.2) is 60.9 Å². The Kier molecular flexibility index (Phi) is 7.58. The van der Waals surface area contributed by atoms with Crippen molar-refractivity contribution < 1.29 is 9.59 Å². The molecule has 3 fully saturated rings. The zero-order valence-corrected chi connectivity index (χ0v) is 18.3. The Hall–Kier alpha value is -1.59. The topological polar surface area (TPSA) is 43.9 Å². The number of amides is 2. The van der Waals surface area contributed by atoms with Crippen molar-refractivity contribution in [2.75, 3.05) is 44.2 Å². The van der Waals surface area contributed by atoms with Gasteiger partial charge >= 0.3 is 0 Å². The number of carbonyl (C=O) groups excluding carboxylic acids is 2. The highest BCUT2D eigenvalue weighted by Crippen LogP contribution is 2.38. The Bertz CT molecular complexity index is 694. The third kappa shape index (κ3) is 4.77. The minimum absolute atomic E-state index is 0. The van der Waals surface area contributed by atoms with Crippen molar-refractivity contribution >= 4 is 29.9 Å². The van der Waals surface area contributed by atoms with E-state index in [9.17, 15) is 9.59 Å². The second-order valence-corrected chi connectivity index (χ2v) is 8.65. The van der Waals surface area contributed by atoms with Gasteiger partial charge < -0.3 is 4.90 Å². The van der Waals surface area contributed by atoms with E-state index in [0.717, 1.165) is 71.2 Å². The monoisotopic (exact) mass is 419 g/mol. The van der Waals surface area contributed by atoms with Crippen LogP contribution < -0.4 is 4.90 Å². The first-order valence-corrected chi connectivity index (χ1v) is 11.0. The summed E-state index contributed by atoms with van der Waals surface area (Å²) in [6, 6.07) is 8.61. The first-order valence-electron chi connectivity index (χ1n) is 11.0. The van der Waals surface area contributed by atoms with Crippen molar-refractivity contribution in [3.63, 3.8) is 0 Å². The number of carbonyl (C=O) groups is 2. The number of piperazine rings is 1. The molecule has 2 aliphatic heterocycles. The molecule has 29 heavy (non-hydrogen) atoms. The van der Waals surface area contributed by atoms with Gasteiger partial charge in [0.25, 0.3) is 0 Å². The molecule has 2 atom stereocenters. The lowest BCUT2D eigenvalue weighted by atomic mass is 9.81. The number of halogens is 1. The van der Waals surface area contributed by atoms with Crippen LogP contribution in [0.3, 0.4) is 0 Å². The average Bonchev–Trinajstić information content (AvgIpc) is 2.97. The predicted molar refractivity (Wildman–Crippen MR) is 118 cm³/mol. The zero-order chi connectivity index (χ0) is 19.5. The van der Waals surface area contributed by atoms with Crippen molar-refractivity contribution in [2.45, 2.75) is 45.4 Å². The molecule has 2 unspecified atom stereocenters. The summed E-state index contributed by atoms with van der Waals surface area (Å²) in [5.74, 6) is 0.217. The lowest BCUT2D eigenvalue weighted by Gasteiger charge is -2.36. The van der Waals surface area contributed by atoms with Crippen molar-refractivity contribution in [2.24, 2.45) is 11.8 Å². The molecule has 1 saturated carbocycles. The summed E-state index contributed by atoms with van der Waals surface area (Å²) in [5, 5.41) is 0. The molecule has 1 aliphatic carbocycles. The summed E-state index contributed by atoms with van der Waals surface area (Å²) >= 11 is 0. The molecule has 3 aliphatic rings. The molecule has 5 nitrogen and oxygen atoms in total. The lowest BCUT2D eigenvalue weighted by Crippen LogP contribution is -2.47. The number of para-hydroxylation sites is 1. The molecule has 0 spiro atoms. The van der Waals surface area contributed by atoms with Crippen LogP contribution in [0.4, 0.5) is 5.69 Å². The van der Waals surface area contributed by atoms with E-state index in [1.807, 2.05) is 0 Å². The maximum atomic E-state index is 12.5. The predicted octanol–water partition coefficient (Wildman–Crippen LogP) is 3.49. The molecule has 4 rings (SSSR count). The maximum Gasteiger partial charge on any atom is 0.233 e. The Morgan fingerprint density at radius 2 is 1.45 bits per heavy atom. The average molecular weight is 420 g/mol. The van der Waals surface area contributed by atoms with Crippen LogP contribution in [-0.2, 0) is 9.59 Å². The van der Waals surface area contributed by atoms with E-state index in [1.165, 1.54) is 11.3 Å². The van der Waals surface area contributed by atoms with Crippen LogP contribution in [0.5, 0.6) is 0 Å². The molecule has 1 aromatic carbocycles. The summed E-state index contributed by atoms with van der Waals surface area (Å²) in [6.45, 7) is 8.16. The third-order valence-electron chi connectivity index (χ3n) is 6.87. The fraction of sp³-hybridized carbons (Fsp3) is 0.652. The molecule has 2 saturated heterocycles. The van der Waals surface area contributed by atoms with Gasteiger partial charge in [-0.05, 0) is 50.8 Å². The van der Waals surface area contributed by atoms with Gasteiger partial charge in [-0.2, -0.15) is 0 Å². The largest absolute Gasteiger partial charge is 0.369 e. The Morgan fingerprint density at radius 1 is 0.862 bits per heavy atom. The standard InChI is InChI=1S/C23H33N3O2.ClH/c1-18-8-2-5-11-21(18)25-16-14-24(15-17-25)12-6-7-13-26-22(27)19-9-3-4-10-20(19)23(26)28;/h2,5,8,11,19-20H,3-4,6-7,9-10,12-17H2,1H3;1H. The highest BCUT2D eigenvalue weighted by molar-refractivity contribution is 6.05. The lowest BCUT2D eigenvalue weighted by molar-refractivity contribution is -0.140. The second-order valence-electron chi connectivity index (χ2n) is 8.65. The van der Waals surface area contributed by atoms with Gasteiger partial charge in [0.05, 0.1) is 11.8 Å². The minimum Gasteiger partial charge on any atom is -0.369 e. The van der Waals surface area contributed by atoms with Gasteiger partial charge in [-0.3, -0.25) is 19.4 Å². The molecule has 1 aromatic rings. The first-order chi connectivity index (χ1) is 13.6. The van der Waals surface area contributed by atoms with Gasteiger partial charge in [-0.15, -0.1) is 12.4 Å². The molecule has 160 valence electrons. The van der Waals surface area contributed by atoms with Crippen LogP contribution in [0, 0.1) is 18.8 Å². The van der Waals surface area contributed by atoms with Gasteiger partial charge in [0.1, 0.15) is 0 Å². The number of anilines is 1. The quantitative estimate of drug-likeness (QED) is 0.523. The van der Waals surface area contributed by atoms with Crippen LogP contribution in [0.15, 0.2) is 24.3 Å². The summed E-state index contributed by atoms with van der Waals surface area (Å²) in [5.41, 5.74) is 2.70. The van der Waals surface area contributed by atoms with Gasteiger partial charge in [-0.1, -0.05) is 31.0 Å². The van der Waals surface area contributed by atoms with E-state index in [1.54, 1.807) is 4.90 Å². The van der Waals surface area contributed by atoms with E-state index in [0.29, 0.717) is 6.54 Å². The van der Waals surface area contributed by atoms with Crippen molar-refractivity contribution in [3.8, 4) is 0 Å². The number of imide groups is 1. The van der Waals surface area contributed by atoms with Crippen LogP contribution in [0.1, 0.15) is 44.1 Å². The van der Waals surface area contributed by atoms with E-state index in [-0.39, 0.29) is 36.1 Å². The van der Waals surface area contributed by atoms with E-state index in [2.05, 4.69) is 41.0 Å². The number of benzene rings is 1. The number of hydrogen-bond donors (Lipinski definition) is 0. The summed E-state index contributed by atoms with van der Waals surface area (Å²) < 4.78 is 0. The number of rotatable bonds is 6. The zero-order valence-electron chi connectivity index (χ0n) is 17.5. The minimum atomic E-state index is -0.00392. The van der Waals surface area contributed by atoms with E-state index < -0.39 is 0 Å². The molecular formula is C23H34ClN3O2. The smallest absolute Gasteiger partial charge is 0.233 e. The number of fused-ring (bicyclic) bond motifs is 1. The molecule has 0 bridgehead atoms. The molecule has 2 amide bonds. The SMILES string of the molecule is Cc1ccccc1N1CCN(CCCCN2C(=O)C3CCCCC3C2=O)CC1.Cl. The van der Waals surface area contributed by atoms with E-state index >= 15 is 0 Å². The molecule has 2 heterocycles. The van der Waals surface area contributed by atoms with Gasteiger partial charge in [0.15, 0.2) is 0 Å². The second kappa shape index (κ2) is 9.94. The highest BCUT2D eigenvalue weighted by Gasteiger charge is 2.47. The summed E-state index contributed by atoms with van der Waals surface area (Å²) in [4.78, 5) is 31.6. The molecule has 0 radical (unpaired) electrons. The molecular weight excluding hydrogens is 386 g/mol. The maximum absolute atomic E-state index is 12.5. The summed E-state index contributed by atoms with van der Waals surface area (Å²) in [7, 11) is 0. The third-order valence-corrected chi connectivity index (χ3v) is 6.87. The molecule has 0 N–H and O–H groups in total. The first kappa shape index (κ1) is 22.1. The Labute approximate surface area is 180 Å². The fourth-order valence-electron chi connectivity index (χ4n) is 5.19. The Balaban J connectivity index is 0.00000240. The van der Waals surface area contributed by atoms with E-state index in [4.69, 9.17) is 0 Å². The van der Waals surface area contributed by atoms with Gasteiger partial charge in [-0.25, -0.2) is 0 Å². The Morgan fingerprint density at radius 3 is 2.07 bits per heavy atom. The van der Waals surface area contributed by atoms with Crippen molar-refractivity contribution in [1.82, 2.24) is 9.80 Å². The fourth-order valence-corrected chi connectivity index (χ4v) is 5.19. The normalized spacial score (nSPS) is 25.1. The highest BCUT2D eigenvalue weighted by atomic mass is 35.5. The number of hydrogen-bond acceptors (Lipinski definition) is 4. The van der Waals surface area contributed by atoms with Crippen LogP contribution >= 0.6 is 12.4 Å². The number of likely N-dealkylation sites (tertiary alicyclic amines) is 1. The van der Waals surface area contributed by atoms with Crippen molar-refractivity contribution in [3.05, 3.63) is 29.8 Å². The summed E-state index contributed by atoms with van der Waals surface area (Å²) in [6.07, 6.45) is 6.00. The number of unbranched alkanes of at least 4 members (excludes halogenated alkanes) is 1. The molecule has 6 heteroatoms. The van der Waals surface area contributed by atoms with Crippen LogP contribution in [0.25, 0.3) is 0 Å². The van der Waals surface area contributed by atoms with Gasteiger partial charge in [0, 0.05) is 38.4 Å². The van der Waals surface area contributed by atoms with Crippen molar-refractivity contribution in [1.29, 1.82) is 0 Å². The van der Waals surface area contributed by atoms with Gasteiger partial charge in [0.2, 0.25) is 11.8 Å².